The molecule has 36 heavy (non-hydrogen) atoms. The molecule has 7 nitrogen and oxygen atoms in total. The van der Waals surface area contributed by atoms with Crippen LogP contribution in [-0.4, -0.2) is 50.0 Å². The molecular weight excluding hydrogens is 474 g/mol. The van der Waals surface area contributed by atoms with Crippen molar-refractivity contribution in [2.24, 2.45) is 0 Å². The van der Waals surface area contributed by atoms with Crippen molar-refractivity contribution in [3.8, 4) is 0 Å². The van der Waals surface area contributed by atoms with Crippen molar-refractivity contribution in [1.82, 2.24) is 10.2 Å². The molecule has 0 radical (unpaired) electrons. The number of hydrogen-bond acceptors (Lipinski definition) is 4. The number of hydrogen-bond donors (Lipinski definition) is 1. The van der Waals surface area contributed by atoms with Gasteiger partial charge in [0.25, 0.3) is 0 Å². The maximum Gasteiger partial charge on any atom is 0.244 e. The van der Waals surface area contributed by atoms with Gasteiger partial charge in [-0.25, -0.2) is 8.42 Å². The van der Waals surface area contributed by atoms with Crippen molar-refractivity contribution < 1.29 is 18.0 Å². The normalized spacial score (nSPS) is 13.1. The minimum atomic E-state index is -3.80. The molecule has 0 bridgehead atoms. The van der Waals surface area contributed by atoms with Crippen LogP contribution in [0.1, 0.15) is 38.3 Å². The van der Waals surface area contributed by atoms with Crippen LogP contribution in [0.15, 0.2) is 66.7 Å². The number of sulfonamides is 1. The second kappa shape index (κ2) is 11.6. The number of aryl methyl sites for hydroxylation is 1. The Morgan fingerprint density at radius 1 is 0.972 bits per heavy atom. The molecule has 0 saturated heterocycles. The van der Waals surface area contributed by atoms with Gasteiger partial charge in [-0.15, -0.1) is 0 Å². The number of amides is 2. The summed E-state index contributed by atoms with van der Waals surface area (Å²) in [4.78, 5) is 28.2. The molecule has 0 fully saturated rings. The third-order valence-electron chi connectivity index (χ3n) is 6.32. The topological polar surface area (TPSA) is 86.8 Å². The predicted octanol–water partition coefficient (Wildman–Crippen LogP) is 4.25. The second-order valence-electron chi connectivity index (χ2n) is 9.27. The number of nitrogens with zero attached hydrogens (tertiary/aromatic N) is 2. The summed E-state index contributed by atoms with van der Waals surface area (Å²) >= 11 is 0. The molecule has 3 rings (SSSR count). The molecule has 0 spiro atoms. The number of nitrogens with one attached hydrogen (secondary N) is 1. The molecule has 0 heterocycles. The van der Waals surface area contributed by atoms with Crippen LogP contribution in [0.3, 0.4) is 0 Å². The summed E-state index contributed by atoms with van der Waals surface area (Å²) in [6, 6.07) is 19.7. The van der Waals surface area contributed by atoms with E-state index in [1.54, 1.807) is 19.1 Å². The Balaban J connectivity index is 1.99. The number of fused-ring (bicyclic) bond motifs is 1. The van der Waals surface area contributed by atoms with E-state index in [0.717, 1.165) is 38.9 Å². The lowest BCUT2D eigenvalue weighted by molar-refractivity contribution is -0.139. The second-order valence-corrected chi connectivity index (χ2v) is 11.2. The van der Waals surface area contributed by atoms with Crippen molar-refractivity contribution in [2.45, 2.75) is 52.7 Å². The van der Waals surface area contributed by atoms with Gasteiger partial charge in [0.2, 0.25) is 21.8 Å². The summed E-state index contributed by atoms with van der Waals surface area (Å²) < 4.78 is 26.9. The maximum absolute atomic E-state index is 13.7. The van der Waals surface area contributed by atoms with E-state index in [4.69, 9.17) is 0 Å². The van der Waals surface area contributed by atoms with Crippen LogP contribution in [0.25, 0.3) is 10.8 Å². The molecule has 0 aliphatic carbocycles. The van der Waals surface area contributed by atoms with Gasteiger partial charge in [-0.1, -0.05) is 73.2 Å². The van der Waals surface area contributed by atoms with Crippen LogP contribution in [-0.2, 0) is 26.2 Å². The first kappa shape index (κ1) is 27.2. The van der Waals surface area contributed by atoms with E-state index in [1.165, 1.54) is 4.90 Å². The Kier molecular flexibility index (Phi) is 8.74. The van der Waals surface area contributed by atoms with Gasteiger partial charge in [-0.05, 0) is 44.2 Å². The predicted molar refractivity (Wildman–Crippen MR) is 145 cm³/mol. The van der Waals surface area contributed by atoms with Crippen LogP contribution >= 0.6 is 0 Å². The molecular formula is C28H35N3O4S. The molecule has 0 aliphatic heterocycles. The van der Waals surface area contributed by atoms with E-state index >= 15 is 0 Å². The lowest BCUT2D eigenvalue weighted by atomic mass is 10.1. The van der Waals surface area contributed by atoms with E-state index in [1.807, 2.05) is 75.4 Å². The van der Waals surface area contributed by atoms with E-state index in [2.05, 4.69) is 5.32 Å². The molecule has 0 saturated carbocycles. The third-order valence-corrected chi connectivity index (χ3v) is 7.44. The summed E-state index contributed by atoms with van der Waals surface area (Å²) in [5.74, 6) is -0.733. The van der Waals surface area contributed by atoms with Gasteiger partial charge in [0.1, 0.15) is 12.6 Å². The monoisotopic (exact) mass is 509 g/mol. The fourth-order valence-electron chi connectivity index (χ4n) is 4.08. The molecule has 192 valence electrons. The van der Waals surface area contributed by atoms with Crippen LogP contribution in [0.2, 0.25) is 0 Å². The Hall–Kier alpha value is -3.39. The smallest absolute Gasteiger partial charge is 0.244 e. The molecule has 2 amide bonds. The molecule has 3 aromatic rings. The molecule has 2 atom stereocenters. The average molecular weight is 510 g/mol. The molecule has 2 unspecified atom stereocenters. The zero-order valence-corrected chi connectivity index (χ0v) is 22.4. The van der Waals surface area contributed by atoms with Gasteiger partial charge in [0.05, 0.1) is 11.9 Å². The highest BCUT2D eigenvalue weighted by Gasteiger charge is 2.31. The fourth-order valence-corrected chi connectivity index (χ4v) is 4.94. The minimum Gasteiger partial charge on any atom is -0.352 e. The lowest BCUT2D eigenvalue weighted by Crippen LogP contribution is -2.52. The first-order chi connectivity index (χ1) is 17.0. The highest BCUT2D eigenvalue weighted by molar-refractivity contribution is 7.92. The molecule has 3 aromatic carbocycles. The van der Waals surface area contributed by atoms with Gasteiger partial charge >= 0.3 is 0 Å². The Labute approximate surface area is 214 Å². The third kappa shape index (κ3) is 6.63. The first-order valence-corrected chi connectivity index (χ1v) is 14.0. The van der Waals surface area contributed by atoms with Gasteiger partial charge in [0, 0.05) is 18.0 Å². The summed E-state index contributed by atoms with van der Waals surface area (Å²) in [5.41, 5.74) is 2.32. The van der Waals surface area contributed by atoms with E-state index in [9.17, 15) is 18.0 Å². The van der Waals surface area contributed by atoms with Crippen molar-refractivity contribution in [3.05, 3.63) is 77.9 Å². The van der Waals surface area contributed by atoms with E-state index in [-0.39, 0.29) is 18.5 Å². The quantitative estimate of drug-likeness (QED) is 0.443. The van der Waals surface area contributed by atoms with Crippen LogP contribution in [0.5, 0.6) is 0 Å². The average Bonchev–Trinajstić information content (AvgIpc) is 2.84. The van der Waals surface area contributed by atoms with Crippen molar-refractivity contribution in [1.29, 1.82) is 0 Å². The number of carbonyl (C=O) groups excluding carboxylic acids is 2. The zero-order chi connectivity index (χ0) is 26.5. The number of rotatable bonds is 10. The van der Waals surface area contributed by atoms with Gasteiger partial charge in [0.15, 0.2) is 0 Å². The minimum absolute atomic E-state index is 0.0425. The summed E-state index contributed by atoms with van der Waals surface area (Å²) in [6.45, 7) is 7.28. The molecule has 0 aromatic heterocycles. The van der Waals surface area contributed by atoms with E-state index in [0.29, 0.717) is 5.69 Å². The Bertz CT molecular complexity index is 1330. The van der Waals surface area contributed by atoms with Crippen LogP contribution < -0.4 is 9.62 Å². The first-order valence-electron chi connectivity index (χ1n) is 12.1. The van der Waals surface area contributed by atoms with Crippen molar-refractivity contribution >= 4 is 38.3 Å². The molecule has 8 heteroatoms. The van der Waals surface area contributed by atoms with Gasteiger partial charge in [-0.3, -0.25) is 13.9 Å². The van der Waals surface area contributed by atoms with Crippen molar-refractivity contribution in [3.63, 3.8) is 0 Å². The Morgan fingerprint density at radius 2 is 1.64 bits per heavy atom. The zero-order valence-electron chi connectivity index (χ0n) is 21.6. The van der Waals surface area contributed by atoms with E-state index < -0.39 is 28.5 Å². The number of benzene rings is 3. The maximum atomic E-state index is 13.7. The van der Waals surface area contributed by atoms with Crippen LogP contribution in [0.4, 0.5) is 5.69 Å². The summed E-state index contributed by atoms with van der Waals surface area (Å²) in [6.07, 6.45) is 1.85. The van der Waals surface area contributed by atoms with Gasteiger partial charge < -0.3 is 10.2 Å². The highest BCUT2D eigenvalue weighted by Crippen LogP contribution is 2.28. The van der Waals surface area contributed by atoms with Crippen molar-refractivity contribution in [2.75, 3.05) is 17.1 Å². The summed E-state index contributed by atoms with van der Waals surface area (Å²) in [7, 11) is -3.80. The molecule has 1 N–H and O–H groups in total. The van der Waals surface area contributed by atoms with Crippen LogP contribution in [0, 0.1) is 6.92 Å². The highest BCUT2D eigenvalue weighted by atomic mass is 32.2. The fraction of sp³-hybridized carbons (Fsp3) is 0.357. The standard InChI is InChI=1S/C28H35N3O4S/c1-6-21(3)29-28(33)22(4)30(18-23-12-9-11-20(2)17-23)27(32)19-31(36(5,34)35)26-16-10-14-24-13-7-8-15-25(24)26/h7-17,21-22H,6,18-19H2,1-5H3,(H,29,33). The Morgan fingerprint density at radius 3 is 2.31 bits per heavy atom. The summed E-state index contributed by atoms with van der Waals surface area (Å²) in [5, 5.41) is 4.53. The number of carbonyl (C=O) groups is 2. The largest absolute Gasteiger partial charge is 0.352 e. The SMILES string of the molecule is CCC(C)NC(=O)C(C)N(Cc1cccc(C)c1)C(=O)CN(c1cccc2ccccc12)S(C)(=O)=O. The lowest BCUT2D eigenvalue weighted by Gasteiger charge is -2.32. The molecule has 0 aliphatic rings. The number of anilines is 1. The van der Waals surface area contributed by atoms with Gasteiger partial charge in [-0.2, -0.15) is 0 Å².